The van der Waals surface area contributed by atoms with Crippen LogP contribution in [0.25, 0.3) is 11.3 Å². The van der Waals surface area contributed by atoms with Crippen LogP contribution >= 0.6 is 0 Å². The molecule has 1 N–H and O–H groups in total. The maximum Gasteiger partial charge on any atom is 0.253 e. The summed E-state index contributed by atoms with van der Waals surface area (Å²) >= 11 is 0. The molecule has 4 heterocycles. The van der Waals surface area contributed by atoms with Crippen molar-refractivity contribution in [3.63, 3.8) is 0 Å². The van der Waals surface area contributed by atoms with E-state index in [-0.39, 0.29) is 23.8 Å². The van der Waals surface area contributed by atoms with Gasteiger partial charge < -0.3 is 14.9 Å². The Labute approximate surface area is 211 Å². The first-order valence-corrected chi connectivity index (χ1v) is 13.2. The number of rotatable bonds is 5. The van der Waals surface area contributed by atoms with Crippen molar-refractivity contribution in [2.24, 2.45) is 5.92 Å². The SMILES string of the molecule is O=C(c1ccc2c(c1)N(c1ncc(-c3cc(C4CC4)ccn3)cn1)CC21CC1)N1CCC[C@@H](CO)C1. The van der Waals surface area contributed by atoms with E-state index in [4.69, 9.17) is 9.97 Å². The molecule has 1 saturated heterocycles. The van der Waals surface area contributed by atoms with Gasteiger partial charge in [-0.15, -0.1) is 0 Å². The van der Waals surface area contributed by atoms with Gasteiger partial charge in [0.1, 0.15) is 0 Å². The monoisotopic (exact) mass is 481 g/mol. The summed E-state index contributed by atoms with van der Waals surface area (Å²) in [6, 6.07) is 10.4. The van der Waals surface area contributed by atoms with Gasteiger partial charge in [0.15, 0.2) is 0 Å². The summed E-state index contributed by atoms with van der Waals surface area (Å²) in [5.74, 6) is 1.57. The van der Waals surface area contributed by atoms with Crippen molar-refractivity contribution in [1.82, 2.24) is 19.9 Å². The fourth-order valence-corrected chi connectivity index (χ4v) is 6.02. The van der Waals surface area contributed by atoms with Gasteiger partial charge in [-0.3, -0.25) is 9.78 Å². The Morgan fingerprint density at radius 3 is 2.64 bits per heavy atom. The van der Waals surface area contributed by atoms with Gasteiger partial charge in [0, 0.05) is 67.1 Å². The molecule has 1 atom stereocenters. The van der Waals surface area contributed by atoms with Gasteiger partial charge >= 0.3 is 0 Å². The first kappa shape index (κ1) is 21.9. The van der Waals surface area contributed by atoms with Crippen LogP contribution in [0.3, 0.4) is 0 Å². The average molecular weight is 482 g/mol. The van der Waals surface area contributed by atoms with Crippen LogP contribution in [0.4, 0.5) is 11.6 Å². The molecular weight excluding hydrogens is 450 g/mol. The molecule has 2 aromatic heterocycles. The van der Waals surface area contributed by atoms with Gasteiger partial charge in [-0.1, -0.05) is 6.07 Å². The van der Waals surface area contributed by atoms with Crippen LogP contribution in [0.1, 0.15) is 65.9 Å². The number of likely N-dealkylation sites (tertiary alicyclic amines) is 1. The summed E-state index contributed by atoms with van der Waals surface area (Å²) in [6.07, 6.45) is 12.4. The second kappa shape index (κ2) is 8.37. The lowest BCUT2D eigenvalue weighted by Crippen LogP contribution is -2.41. The average Bonchev–Trinajstić information content (AvgIpc) is 3.87. The van der Waals surface area contributed by atoms with Crippen molar-refractivity contribution in [1.29, 1.82) is 0 Å². The highest BCUT2D eigenvalue weighted by molar-refractivity contribution is 5.96. The van der Waals surface area contributed by atoms with Gasteiger partial charge in [-0.2, -0.15) is 0 Å². The van der Waals surface area contributed by atoms with Crippen LogP contribution in [0, 0.1) is 5.92 Å². The number of nitrogens with zero attached hydrogens (tertiary/aromatic N) is 5. The van der Waals surface area contributed by atoms with Gasteiger partial charge in [-0.05, 0) is 85.8 Å². The Balaban J connectivity index is 1.17. The van der Waals surface area contributed by atoms with Crippen LogP contribution in [-0.2, 0) is 5.41 Å². The molecule has 0 unspecified atom stereocenters. The van der Waals surface area contributed by atoms with E-state index in [1.807, 2.05) is 35.6 Å². The number of anilines is 2. The Hall–Kier alpha value is -3.32. The number of pyridine rings is 1. The number of piperidine rings is 1. The lowest BCUT2D eigenvalue weighted by molar-refractivity contribution is 0.0620. The molecule has 1 spiro atoms. The number of aliphatic hydroxyl groups is 1. The molecule has 2 aliphatic carbocycles. The number of aromatic nitrogens is 3. The first-order chi connectivity index (χ1) is 17.6. The molecule has 3 fully saturated rings. The predicted molar refractivity (Wildman–Crippen MR) is 137 cm³/mol. The largest absolute Gasteiger partial charge is 0.396 e. The summed E-state index contributed by atoms with van der Waals surface area (Å²) in [5, 5.41) is 9.58. The number of amides is 1. The molecule has 2 saturated carbocycles. The van der Waals surface area contributed by atoms with Crippen LogP contribution < -0.4 is 4.90 Å². The summed E-state index contributed by atoms with van der Waals surface area (Å²) in [4.78, 5) is 31.5. The minimum Gasteiger partial charge on any atom is -0.396 e. The number of hydrogen-bond donors (Lipinski definition) is 1. The molecule has 3 aromatic rings. The molecule has 36 heavy (non-hydrogen) atoms. The van der Waals surface area contributed by atoms with E-state index in [0.717, 1.165) is 55.7 Å². The molecular formula is C29H31N5O2. The van der Waals surface area contributed by atoms with E-state index in [9.17, 15) is 9.90 Å². The lowest BCUT2D eigenvalue weighted by Gasteiger charge is -2.32. The second-order valence-electron chi connectivity index (χ2n) is 11.1. The third-order valence-corrected chi connectivity index (χ3v) is 8.49. The predicted octanol–water partition coefficient (Wildman–Crippen LogP) is 4.44. The third-order valence-electron chi connectivity index (χ3n) is 8.49. The normalized spacial score (nSPS) is 22.1. The number of carbonyl (C=O) groups is 1. The zero-order valence-electron chi connectivity index (χ0n) is 20.4. The summed E-state index contributed by atoms with van der Waals surface area (Å²) in [7, 11) is 0. The van der Waals surface area contributed by atoms with Crippen molar-refractivity contribution in [2.45, 2.75) is 49.9 Å². The maximum atomic E-state index is 13.4. The number of carbonyl (C=O) groups excluding carboxylic acids is 1. The number of fused-ring (bicyclic) bond motifs is 2. The smallest absolute Gasteiger partial charge is 0.253 e. The standard InChI is InChI=1S/C29H31N5O2/c35-17-19-2-1-11-33(16-19)27(36)22-5-6-24-26(13-22)34(18-29(24)8-9-29)28-31-14-23(15-32-28)25-12-21(7-10-30-25)20-3-4-20/h5-7,10,12-15,19-20,35H,1-4,8-9,11,16-18H2/t19-/m1/s1. The van der Waals surface area contributed by atoms with Crippen molar-refractivity contribution in [2.75, 3.05) is 31.1 Å². The fourth-order valence-electron chi connectivity index (χ4n) is 6.02. The Morgan fingerprint density at radius 1 is 1.06 bits per heavy atom. The third kappa shape index (κ3) is 3.77. The van der Waals surface area contributed by atoms with E-state index >= 15 is 0 Å². The van der Waals surface area contributed by atoms with Gasteiger partial charge in [0.25, 0.3) is 5.91 Å². The summed E-state index contributed by atoms with van der Waals surface area (Å²) < 4.78 is 0. The molecule has 1 amide bonds. The number of benzene rings is 1. The molecule has 4 aliphatic rings. The maximum absolute atomic E-state index is 13.4. The molecule has 0 bridgehead atoms. The van der Waals surface area contributed by atoms with Crippen molar-refractivity contribution < 1.29 is 9.90 Å². The topological polar surface area (TPSA) is 82.5 Å². The molecule has 1 aromatic carbocycles. The van der Waals surface area contributed by atoms with E-state index in [1.165, 1.54) is 24.0 Å². The van der Waals surface area contributed by atoms with Crippen LogP contribution in [0.2, 0.25) is 0 Å². The highest BCUT2D eigenvalue weighted by Gasteiger charge is 2.52. The Bertz CT molecular complexity index is 1320. The zero-order valence-corrected chi connectivity index (χ0v) is 20.4. The van der Waals surface area contributed by atoms with Crippen molar-refractivity contribution in [3.8, 4) is 11.3 Å². The van der Waals surface area contributed by atoms with Gasteiger partial charge in [0.05, 0.1) is 5.69 Å². The summed E-state index contributed by atoms with van der Waals surface area (Å²) in [5.41, 5.74) is 6.41. The highest BCUT2D eigenvalue weighted by atomic mass is 16.3. The molecule has 7 nitrogen and oxygen atoms in total. The van der Waals surface area contributed by atoms with E-state index < -0.39 is 0 Å². The van der Waals surface area contributed by atoms with Crippen molar-refractivity contribution in [3.05, 3.63) is 65.6 Å². The Kier molecular flexibility index (Phi) is 5.10. The minimum atomic E-state index is 0.0468. The number of aliphatic hydroxyl groups excluding tert-OH is 1. The second-order valence-corrected chi connectivity index (χ2v) is 11.1. The van der Waals surface area contributed by atoms with Gasteiger partial charge in [0.2, 0.25) is 5.95 Å². The Morgan fingerprint density at radius 2 is 1.89 bits per heavy atom. The van der Waals surface area contributed by atoms with Crippen molar-refractivity contribution >= 4 is 17.5 Å². The highest BCUT2D eigenvalue weighted by Crippen LogP contribution is 2.57. The quantitative estimate of drug-likeness (QED) is 0.580. The van der Waals surface area contributed by atoms with Gasteiger partial charge in [-0.25, -0.2) is 9.97 Å². The van der Waals surface area contributed by atoms with E-state index in [2.05, 4.69) is 28.1 Å². The molecule has 0 radical (unpaired) electrons. The lowest BCUT2D eigenvalue weighted by atomic mass is 9.96. The van der Waals surface area contributed by atoms with Crippen LogP contribution in [-0.4, -0.2) is 57.1 Å². The molecule has 184 valence electrons. The molecule has 7 rings (SSSR count). The van der Waals surface area contributed by atoms with Crippen LogP contribution in [0.5, 0.6) is 0 Å². The molecule has 2 aliphatic heterocycles. The zero-order chi connectivity index (χ0) is 24.3. The first-order valence-electron chi connectivity index (χ1n) is 13.2. The number of hydrogen-bond acceptors (Lipinski definition) is 6. The van der Waals surface area contributed by atoms with E-state index in [1.54, 1.807) is 0 Å². The minimum absolute atomic E-state index is 0.0468. The van der Waals surface area contributed by atoms with E-state index in [0.29, 0.717) is 24.0 Å². The summed E-state index contributed by atoms with van der Waals surface area (Å²) in [6.45, 7) is 2.37. The fraction of sp³-hybridized carbons (Fsp3) is 0.448. The van der Waals surface area contributed by atoms with Crippen LogP contribution in [0.15, 0.2) is 48.9 Å². The molecule has 7 heteroatoms.